The maximum absolute atomic E-state index is 12.2. The number of ether oxygens (including phenoxy) is 3. The predicted octanol–water partition coefficient (Wildman–Crippen LogP) is 12.2. The molecule has 0 aliphatic rings. The van der Waals surface area contributed by atoms with Crippen LogP contribution in [0.3, 0.4) is 0 Å². The summed E-state index contributed by atoms with van der Waals surface area (Å²) in [4.78, 5) is 24.3. The zero-order chi connectivity index (χ0) is 40.6. The maximum Gasteiger partial charge on any atom is 0.333 e. The number of unbranched alkanes of at least 4 members (excludes halogenated alkanes) is 2. The van der Waals surface area contributed by atoms with Gasteiger partial charge < -0.3 is 18.6 Å². The second kappa shape index (κ2) is 22.0. The van der Waals surface area contributed by atoms with E-state index < -0.39 is 8.32 Å². The van der Waals surface area contributed by atoms with Crippen LogP contribution >= 0.6 is 0 Å². The Balaban J connectivity index is 1.99. The third kappa shape index (κ3) is 14.3. The average Bonchev–Trinajstić information content (AvgIpc) is 3.14. The van der Waals surface area contributed by atoms with Crippen LogP contribution in [0.2, 0.25) is 18.1 Å². The van der Waals surface area contributed by atoms with Gasteiger partial charge in [-0.1, -0.05) is 103 Å². The van der Waals surface area contributed by atoms with Gasteiger partial charge in [-0.3, -0.25) is 0 Å². The number of hydrogen-bond donors (Lipinski definition) is 0. The molecule has 0 saturated carbocycles. The van der Waals surface area contributed by atoms with Gasteiger partial charge in [0.15, 0.2) is 8.32 Å². The molecule has 300 valence electrons. The fraction of sp³-hybridized carbons (Fsp3) is 0.500. The highest BCUT2D eigenvalue weighted by Crippen LogP contribution is 2.38. The summed E-state index contributed by atoms with van der Waals surface area (Å²) in [5.74, 6) is 0.0914. The minimum Gasteiger partial charge on any atom is -0.493 e. The summed E-state index contributed by atoms with van der Waals surface area (Å²) >= 11 is 0. The van der Waals surface area contributed by atoms with E-state index in [0.717, 1.165) is 41.7 Å². The largest absolute Gasteiger partial charge is 0.493 e. The summed E-state index contributed by atoms with van der Waals surface area (Å²) < 4.78 is 24.1. The molecule has 0 amide bonds. The Morgan fingerprint density at radius 1 is 0.636 bits per heavy atom. The molecule has 3 aromatic carbocycles. The molecule has 7 heteroatoms. The van der Waals surface area contributed by atoms with Gasteiger partial charge in [0.25, 0.3) is 0 Å². The lowest BCUT2D eigenvalue weighted by atomic mass is 9.89. The van der Waals surface area contributed by atoms with Gasteiger partial charge >= 0.3 is 11.9 Å². The van der Waals surface area contributed by atoms with Crippen LogP contribution in [0.25, 0.3) is 22.3 Å². The third-order valence-electron chi connectivity index (χ3n) is 10.5. The molecule has 55 heavy (non-hydrogen) atoms. The molecule has 0 spiro atoms. The fourth-order valence-corrected chi connectivity index (χ4v) is 7.22. The van der Waals surface area contributed by atoms with Crippen molar-refractivity contribution < 1.29 is 28.2 Å². The van der Waals surface area contributed by atoms with Crippen LogP contribution in [-0.4, -0.2) is 46.7 Å². The van der Waals surface area contributed by atoms with Crippen molar-refractivity contribution in [3.63, 3.8) is 0 Å². The number of rotatable bonds is 23. The van der Waals surface area contributed by atoms with Crippen LogP contribution in [0.5, 0.6) is 5.75 Å². The van der Waals surface area contributed by atoms with Gasteiger partial charge in [0, 0.05) is 24.2 Å². The third-order valence-corrected chi connectivity index (χ3v) is 15.1. The second-order valence-corrected chi connectivity index (χ2v) is 21.2. The first kappa shape index (κ1) is 45.4. The topological polar surface area (TPSA) is 71.1 Å². The highest BCUT2D eigenvalue weighted by molar-refractivity contribution is 6.74. The van der Waals surface area contributed by atoms with Crippen LogP contribution in [0.15, 0.2) is 78.9 Å². The summed E-state index contributed by atoms with van der Waals surface area (Å²) in [6.07, 6.45) is 9.07. The SMILES string of the molecule is C=C(C)C(=O)OCCCc1cc(-c2ccc(-c3ccc(CCCCC)cc3)cc2CC)cc(CCCOC(=O)C(=C)C)c1OCCCO[Si](C)(C)C(C)(C)C. The van der Waals surface area contributed by atoms with Crippen molar-refractivity contribution in [1.29, 1.82) is 0 Å². The van der Waals surface area contributed by atoms with E-state index in [0.29, 0.717) is 50.0 Å². The molecule has 0 radical (unpaired) electrons. The summed E-state index contributed by atoms with van der Waals surface area (Å²) in [5, 5.41) is 0.138. The van der Waals surface area contributed by atoms with E-state index in [-0.39, 0.29) is 30.2 Å². The van der Waals surface area contributed by atoms with Crippen molar-refractivity contribution in [1.82, 2.24) is 0 Å². The quantitative estimate of drug-likeness (QED) is 0.0414. The first-order chi connectivity index (χ1) is 26.1. The van der Waals surface area contributed by atoms with Gasteiger partial charge in [0.05, 0.1) is 19.8 Å². The number of aryl methyl sites for hydroxylation is 4. The second-order valence-electron chi connectivity index (χ2n) is 16.4. The number of hydrogen-bond acceptors (Lipinski definition) is 6. The summed E-state index contributed by atoms with van der Waals surface area (Å²) in [6, 6.07) is 20.3. The Morgan fingerprint density at radius 2 is 1.18 bits per heavy atom. The molecule has 0 N–H and O–H groups in total. The Bertz CT molecular complexity index is 1670. The van der Waals surface area contributed by atoms with Gasteiger partial charge in [0.1, 0.15) is 5.75 Å². The van der Waals surface area contributed by atoms with E-state index in [1.165, 1.54) is 47.1 Å². The first-order valence-electron chi connectivity index (χ1n) is 20.4. The lowest BCUT2D eigenvalue weighted by Crippen LogP contribution is -2.41. The van der Waals surface area contributed by atoms with Gasteiger partial charge in [-0.2, -0.15) is 0 Å². The van der Waals surface area contributed by atoms with E-state index in [9.17, 15) is 9.59 Å². The molecular weight excluding hydrogens is 701 g/mol. The molecule has 0 aliphatic heterocycles. The van der Waals surface area contributed by atoms with Crippen LogP contribution in [-0.2, 0) is 49.2 Å². The highest BCUT2D eigenvalue weighted by atomic mass is 28.4. The monoisotopic (exact) mass is 768 g/mol. The number of carbonyl (C=O) groups is 2. The van der Waals surface area contributed by atoms with Crippen LogP contribution in [0.1, 0.15) is 109 Å². The van der Waals surface area contributed by atoms with Gasteiger partial charge in [-0.15, -0.1) is 0 Å². The van der Waals surface area contributed by atoms with Crippen molar-refractivity contribution >= 4 is 20.3 Å². The van der Waals surface area contributed by atoms with E-state index in [1.54, 1.807) is 13.8 Å². The summed E-state index contributed by atoms with van der Waals surface area (Å²) in [7, 11) is -1.87. The van der Waals surface area contributed by atoms with Crippen molar-refractivity contribution in [3.05, 3.63) is 101 Å². The summed E-state index contributed by atoms with van der Waals surface area (Å²) in [6.45, 7) is 28.2. The molecule has 0 atom stereocenters. The molecule has 0 saturated heterocycles. The Morgan fingerprint density at radius 3 is 1.69 bits per heavy atom. The molecule has 0 unspecified atom stereocenters. The van der Waals surface area contributed by atoms with Gasteiger partial charge in [-0.05, 0) is 134 Å². The molecule has 3 aromatic rings. The van der Waals surface area contributed by atoms with Crippen LogP contribution in [0, 0.1) is 0 Å². The molecule has 6 nitrogen and oxygen atoms in total. The van der Waals surface area contributed by atoms with Crippen LogP contribution < -0.4 is 4.74 Å². The standard InChI is InChI=1S/C48H68O6Si/c1-12-14-15-19-37-22-24-39(25-23-37)40-26-27-44(38(13-2)32-40)43-33-41(20-16-28-52-46(49)35(3)4)45(42(34-43)21-17-29-53-47(50)36(5)6)51-30-18-31-54-55(10,11)48(7,8)9/h22-27,32-34H,3,5,12-21,28-31H2,1-2,4,6-11H3. The van der Waals surface area contributed by atoms with E-state index in [4.69, 9.17) is 18.6 Å². The molecule has 3 rings (SSSR count). The van der Waals surface area contributed by atoms with E-state index in [1.807, 2.05) is 0 Å². The predicted molar refractivity (Wildman–Crippen MR) is 231 cm³/mol. The van der Waals surface area contributed by atoms with Crippen molar-refractivity contribution in [2.24, 2.45) is 0 Å². The zero-order valence-corrected chi connectivity index (χ0v) is 36.5. The number of carbonyl (C=O) groups excluding carboxylic acids is 2. The Kier molecular flexibility index (Phi) is 18.1. The van der Waals surface area contributed by atoms with Gasteiger partial charge in [0.2, 0.25) is 0 Å². The maximum atomic E-state index is 12.2. The lowest BCUT2D eigenvalue weighted by Gasteiger charge is -2.36. The minimum absolute atomic E-state index is 0.138. The minimum atomic E-state index is -1.87. The van der Waals surface area contributed by atoms with Gasteiger partial charge in [-0.25, -0.2) is 9.59 Å². The lowest BCUT2D eigenvalue weighted by molar-refractivity contribution is -0.139. The van der Waals surface area contributed by atoms with E-state index >= 15 is 0 Å². The number of esters is 2. The molecule has 0 fully saturated rings. The van der Waals surface area contributed by atoms with Crippen molar-refractivity contribution in [2.75, 3.05) is 26.4 Å². The number of benzene rings is 3. The Hall–Kier alpha value is -3.94. The molecule has 0 aromatic heterocycles. The Labute approximate surface area is 333 Å². The first-order valence-corrected chi connectivity index (χ1v) is 23.3. The molecular formula is C48H68O6Si. The smallest absolute Gasteiger partial charge is 0.333 e. The normalized spacial score (nSPS) is 11.7. The van der Waals surface area contributed by atoms with Crippen LogP contribution in [0.4, 0.5) is 0 Å². The fourth-order valence-electron chi connectivity index (χ4n) is 6.14. The van der Waals surface area contributed by atoms with Crippen molar-refractivity contribution in [2.45, 2.75) is 131 Å². The highest BCUT2D eigenvalue weighted by Gasteiger charge is 2.36. The van der Waals surface area contributed by atoms with Crippen molar-refractivity contribution in [3.8, 4) is 28.0 Å². The van der Waals surface area contributed by atoms with E-state index in [2.05, 4.69) is 115 Å². The molecule has 0 bridgehead atoms. The average molecular weight is 769 g/mol. The molecule has 0 heterocycles. The zero-order valence-electron chi connectivity index (χ0n) is 35.5. The summed E-state index contributed by atoms with van der Waals surface area (Å²) in [5.41, 5.74) is 10.3. The molecule has 0 aliphatic carbocycles.